The lowest BCUT2D eigenvalue weighted by atomic mass is 10.1. The zero-order chi connectivity index (χ0) is 15.7. The third-order valence-corrected chi connectivity index (χ3v) is 4.46. The first-order chi connectivity index (χ1) is 10.6. The van der Waals surface area contributed by atoms with Gasteiger partial charge in [-0.2, -0.15) is 0 Å². The fourth-order valence-electron chi connectivity index (χ4n) is 2.67. The number of rotatable bonds is 2. The van der Waals surface area contributed by atoms with E-state index in [0.29, 0.717) is 23.0 Å². The van der Waals surface area contributed by atoms with Crippen LogP contribution in [0.15, 0.2) is 42.5 Å². The SMILES string of the molecule is C[C@H]1CC(=O)N(Cc2c(Cl)cccc2Cl)c2ccccc2N1. The molecule has 1 aliphatic rings. The molecule has 22 heavy (non-hydrogen) atoms. The van der Waals surface area contributed by atoms with Crippen LogP contribution in [0.2, 0.25) is 10.0 Å². The van der Waals surface area contributed by atoms with E-state index in [0.717, 1.165) is 16.9 Å². The standard InChI is InChI=1S/C17H16Cl2N2O/c1-11-9-17(22)21(16-8-3-2-7-15(16)20-11)10-12-13(18)5-4-6-14(12)19/h2-8,11,20H,9-10H2,1H3/t11-/m0/s1. The maximum Gasteiger partial charge on any atom is 0.229 e. The van der Waals surface area contributed by atoms with Crippen molar-refractivity contribution in [2.75, 3.05) is 10.2 Å². The number of nitrogens with zero attached hydrogens (tertiary/aromatic N) is 1. The predicted molar refractivity (Wildman–Crippen MR) is 91.8 cm³/mol. The van der Waals surface area contributed by atoms with Gasteiger partial charge in [0.05, 0.1) is 17.9 Å². The molecular weight excluding hydrogens is 319 g/mol. The molecule has 1 N–H and O–H groups in total. The number of nitrogens with one attached hydrogen (secondary N) is 1. The van der Waals surface area contributed by atoms with E-state index < -0.39 is 0 Å². The van der Waals surface area contributed by atoms with Crippen molar-refractivity contribution >= 4 is 40.5 Å². The van der Waals surface area contributed by atoms with Crippen LogP contribution in [0.1, 0.15) is 18.9 Å². The molecule has 0 aromatic heterocycles. The van der Waals surface area contributed by atoms with Crippen LogP contribution in [0.4, 0.5) is 11.4 Å². The number of hydrogen-bond donors (Lipinski definition) is 1. The van der Waals surface area contributed by atoms with Gasteiger partial charge in [0, 0.05) is 28.1 Å². The maximum absolute atomic E-state index is 12.6. The van der Waals surface area contributed by atoms with Crippen molar-refractivity contribution in [1.82, 2.24) is 0 Å². The molecule has 1 heterocycles. The smallest absolute Gasteiger partial charge is 0.229 e. The topological polar surface area (TPSA) is 32.3 Å². The predicted octanol–water partition coefficient (Wildman–Crippen LogP) is 4.73. The van der Waals surface area contributed by atoms with Crippen LogP contribution in [0.5, 0.6) is 0 Å². The van der Waals surface area contributed by atoms with E-state index in [1.165, 1.54) is 0 Å². The summed E-state index contributed by atoms with van der Waals surface area (Å²) in [5.41, 5.74) is 2.57. The van der Waals surface area contributed by atoms with Gasteiger partial charge in [-0.25, -0.2) is 0 Å². The maximum atomic E-state index is 12.6. The molecule has 3 nitrogen and oxygen atoms in total. The van der Waals surface area contributed by atoms with Crippen molar-refractivity contribution in [3.63, 3.8) is 0 Å². The molecule has 0 radical (unpaired) electrons. The number of para-hydroxylation sites is 2. The van der Waals surface area contributed by atoms with Crippen molar-refractivity contribution in [3.8, 4) is 0 Å². The van der Waals surface area contributed by atoms with Gasteiger partial charge in [-0.3, -0.25) is 4.79 Å². The lowest BCUT2D eigenvalue weighted by Crippen LogP contribution is -2.31. The minimum absolute atomic E-state index is 0.0564. The summed E-state index contributed by atoms with van der Waals surface area (Å²) in [7, 11) is 0. The number of anilines is 2. The Morgan fingerprint density at radius 3 is 2.55 bits per heavy atom. The molecule has 2 aromatic rings. The van der Waals surface area contributed by atoms with Gasteiger partial charge in [-0.05, 0) is 31.2 Å². The van der Waals surface area contributed by atoms with Crippen molar-refractivity contribution in [3.05, 3.63) is 58.1 Å². The summed E-state index contributed by atoms with van der Waals surface area (Å²) >= 11 is 12.5. The highest BCUT2D eigenvalue weighted by atomic mass is 35.5. The first-order valence-corrected chi connectivity index (χ1v) is 7.90. The Balaban J connectivity index is 2.03. The lowest BCUT2D eigenvalue weighted by molar-refractivity contribution is -0.118. The van der Waals surface area contributed by atoms with Crippen molar-refractivity contribution in [2.24, 2.45) is 0 Å². The second-order valence-corrected chi connectivity index (χ2v) is 6.26. The molecule has 5 heteroatoms. The molecule has 0 fully saturated rings. The number of fused-ring (bicyclic) bond motifs is 1. The molecule has 0 saturated heterocycles. The van der Waals surface area contributed by atoms with Crippen molar-refractivity contribution < 1.29 is 4.79 Å². The van der Waals surface area contributed by atoms with Crippen LogP contribution in [-0.2, 0) is 11.3 Å². The molecule has 0 aliphatic carbocycles. The minimum Gasteiger partial charge on any atom is -0.380 e. The summed E-state index contributed by atoms with van der Waals surface area (Å²) in [4.78, 5) is 14.4. The van der Waals surface area contributed by atoms with E-state index in [2.05, 4.69) is 5.32 Å². The molecule has 1 aliphatic heterocycles. The van der Waals surface area contributed by atoms with E-state index in [1.807, 2.05) is 31.2 Å². The average molecular weight is 335 g/mol. The van der Waals surface area contributed by atoms with E-state index in [-0.39, 0.29) is 11.9 Å². The zero-order valence-electron chi connectivity index (χ0n) is 12.1. The quantitative estimate of drug-likeness (QED) is 0.860. The summed E-state index contributed by atoms with van der Waals surface area (Å²) < 4.78 is 0. The first kappa shape index (κ1) is 15.2. The minimum atomic E-state index is 0.0564. The van der Waals surface area contributed by atoms with Gasteiger partial charge in [-0.1, -0.05) is 41.4 Å². The van der Waals surface area contributed by atoms with Crippen LogP contribution in [0.3, 0.4) is 0 Å². The highest BCUT2D eigenvalue weighted by Crippen LogP contribution is 2.34. The molecule has 1 atom stereocenters. The monoisotopic (exact) mass is 334 g/mol. The number of carbonyl (C=O) groups is 1. The molecule has 3 rings (SSSR count). The summed E-state index contributed by atoms with van der Waals surface area (Å²) in [5, 5.41) is 4.51. The van der Waals surface area contributed by atoms with Gasteiger partial charge in [0.2, 0.25) is 5.91 Å². The Kier molecular flexibility index (Phi) is 4.27. The molecule has 0 bridgehead atoms. The molecule has 1 amide bonds. The Morgan fingerprint density at radius 1 is 1.14 bits per heavy atom. The Bertz CT molecular complexity index is 697. The van der Waals surface area contributed by atoms with Gasteiger partial charge in [-0.15, -0.1) is 0 Å². The van der Waals surface area contributed by atoms with Crippen molar-refractivity contribution in [1.29, 1.82) is 0 Å². The van der Waals surface area contributed by atoms with Crippen LogP contribution in [0.25, 0.3) is 0 Å². The van der Waals surface area contributed by atoms with E-state index >= 15 is 0 Å². The molecule has 0 unspecified atom stereocenters. The van der Waals surface area contributed by atoms with Gasteiger partial charge in [0.25, 0.3) is 0 Å². The summed E-state index contributed by atoms with van der Waals surface area (Å²) in [6, 6.07) is 13.3. The number of carbonyl (C=O) groups excluding carboxylic acids is 1. The summed E-state index contributed by atoms with van der Waals surface area (Å²) in [6.45, 7) is 2.36. The van der Waals surface area contributed by atoms with Gasteiger partial charge in [0.15, 0.2) is 0 Å². The second-order valence-electron chi connectivity index (χ2n) is 5.45. The van der Waals surface area contributed by atoms with Crippen LogP contribution in [0, 0.1) is 0 Å². The molecule has 114 valence electrons. The Morgan fingerprint density at radius 2 is 1.82 bits per heavy atom. The van der Waals surface area contributed by atoms with Gasteiger partial charge in [0.1, 0.15) is 0 Å². The molecular formula is C17H16Cl2N2O. The van der Waals surface area contributed by atoms with Crippen LogP contribution < -0.4 is 10.2 Å². The highest BCUT2D eigenvalue weighted by Gasteiger charge is 2.26. The normalized spacial score (nSPS) is 17.7. The number of halogens is 2. The Labute approximate surface area is 139 Å². The third kappa shape index (κ3) is 2.92. The van der Waals surface area contributed by atoms with E-state index in [4.69, 9.17) is 23.2 Å². The van der Waals surface area contributed by atoms with Gasteiger partial charge < -0.3 is 10.2 Å². The largest absolute Gasteiger partial charge is 0.380 e. The van der Waals surface area contributed by atoms with Crippen molar-refractivity contribution in [2.45, 2.75) is 25.9 Å². The van der Waals surface area contributed by atoms with Gasteiger partial charge >= 0.3 is 0 Å². The van der Waals surface area contributed by atoms with Crippen LogP contribution in [-0.4, -0.2) is 11.9 Å². The van der Waals surface area contributed by atoms with Crippen LogP contribution >= 0.6 is 23.2 Å². The summed E-state index contributed by atoms with van der Waals surface area (Å²) in [6.07, 6.45) is 0.427. The van der Waals surface area contributed by atoms with E-state index in [1.54, 1.807) is 23.1 Å². The number of benzene rings is 2. The fourth-order valence-corrected chi connectivity index (χ4v) is 3.19. The first-order valence-electron chi connectivity index (χ1n) is 7.15. The van der Waals surface area contributed by atoms with E-state index in [9.17, 15) is 4.79 Å². The number of hydrogen-bond acceptors (Lipinski definition) is 2. The lowest BCUT2D eigenvalue weighted by Gasteiger charge is -2.23. The zero-order valence-corrected chi connectivity index (χ0v) is 13.7. The third-order valence-electron chi connectivity index (χ3n) is 3.76. The molecule has 2 aromatic carbocycles. The second kappa shape index (κ2) is 6.19. The molecule has 0 saturated carbocycles. The Hall–Kier alpha value is -1.71. The fraction of sp³-hybridized carbons (Fsp3) is 0.235. The molecule has 0 spiro atoms. The number of amides is 1. The summed E-state index contributed by atoms with van der Waals surface area (Å²) in [5.74, 6) is 0.0564. The highest BCUT2D eigenvalue weighted by molar-refractivity contribution is 6.36. The average Bonchev–Trinajstić information content (AvgIpc) is 2.59.